The van der Waals surface area contributed by atoms with Gasteiger partial charge in [0.05, 0.1) is 0 Å². The molecule has 0 unspecified atom stereocenters. The van der Waals surface area contributed by atoms with Crippen LogP contribution >= 0.6 is 0 Å². The number of carbonyl (C=O) groups excluding carboxylic acids is 3. The number of piperidine rings is 1. The SMILES string of the molecule is CCC1(CC)NC(=O)N(CC(=O)N2CCC(c3c[nH]c4ccccc34)CC2)C1=O. The Kier molecular flexibility index (Phi) is 5.06. The number of hydrogen-bond acceptors (Lipinski definition) is 3. The number of H-pyrrole nitrogens is 1. The molecule has 1 aromatic carbocycles. The highest BCUT2D eigenvalue weighted by atomic mass is 16.2. The number of fused-ring (bicyclic) bond motifs is 1. The van der Waals surface area contributed by atoms with E-state index < -0.39 is 11.6 Å². The van der Waals surface area contributed by atoms with Crippen molar-refractivity contribution in [3.05, 3.63) is 36.0 Å². The summed E-state index contributed by atoms with van der Waals surface area (Å²) in [6.07, 6.45) is 4.88. The van der Waals surface area contributed by atoms with E-state index in [0.29, 0.717) is 31.8 Å². The second kappa shape index (κ2) is 7.54. The number of para-hydroxylation sites is 1. The Hall–Kier alpha value is -2.83. The third kappa shape index (κ3) is 3.28. The topological polar surface area (TPSA) is 85.5 Å². The summed E-state index contributed by atoms with van der Waals surface area (Å²) in [5, 5.41) is 4.02. The van der Waals surface area contributed by atoms with Gasteiger partial charge in [-0.25, -0.2) is 4.79 Å². The van der Waals surface area contributed by atoms with Crippen LogP contribution < -0.4 is 5.32 Å². The molecule has 7 nitrogen and oxygen atoms in total. The molecule has 2 N–H and O–H groups in total. The first-order valence-electron chi connectivity index (χ1n) is 10.5. The average molecular weight is 396 g/mol. The molecule has 0 saturated carbocycles. The monoisotopic (exact) mass is 396 g/mol. The van der Waals surface area contributed by atoms with Crippen LogP contribution in [-0.2, 0) is 9.59 Å². The molecule has 2 aromatic rings. The zero-order valence-electron chi connectivity index (χ0n) is 17.0. The minimum absolute atomic E-state index is 0.158. The molecule has 4 amide bonds. The maximum Gasteiger partial charge on any atom is 0.325 e. The molecule has 3 heterocycles. The van der Waals surface area contributed by atoms with E-state index in [4.69, 9.17) is 0 Å². The van der Waals surface area contributed by atoms with E-state index in [0.717, 1.165) is 23.3 Å². The van der Waals surface area contributed by atoms with Gasteiger partial charge in [0.25, 0.3) is 5.91 Å². The number of aromatic amines is 1. The summed E-state index contributed by atoms with van der Waals surface area (Å²) >= 11 is 0. The Bertz CT molecular complexity index is 938. The molecule has 2 aliphatic rings. The van der Waals surface area contributed by atoms with Crippen molar-refractivity contribution in [1.82, 2.24) is 20.1 Å². The van der Waals surface area contributed by atoms with Gasteiger partial charge in [0.2, 0.25) is 5.91 Å². The average Bonchev–Trinajstić information content (AvgIpc) is 3.28. The maximum atomic E-state index is 12.8. The normalized spacial score (nSPS) is 19.8. The van der Waals surface area contributed by atoms with Gasteiger partial charge < -0.3 is 15.2 Å². The van der Waals surface area contributed by atoms with Crippen molar-refractivity contribution in [3.63, 3.8) is 0 Å². The lowest BCUT2D eigenvalue weighted by Gasteiger charge is -2.33. The lowest BCUT2D eigenvalue weighted by Crippen LogP contribution is -2.48. The predicted octanol–water partition coefficient (Wildman–Crippen LogP) is 2.98. The second-order valence-electron chi connectivity index (χ2n) is 8.06. The number of benzene rings is 1. The number of nitrogens with zero attached hydrogens (tertiary/aromatic N) is 2. The number of imide groups is 1. The minimum Gasteiger partial charge on any atom is -0.361 e. The third-order valence-corrected chi connectivity index (χ3v) is 6.66. The molecule has 0 spiro atoms. The Morgan fingerprint density at radius 1 is 1.14 bits per heavy atom. The van der Waals surface area contributed by atoms with Crippen LogP contribution in [0.15, 0.2) is 30.5 Å². The molecule has 154 valence electrons. The van der Waals surface area contributed by atoms with Gasteiger partial charge in [-0.2, -0.15) is 0 Å². The summed E-state index contributed by atoms with van der Waals surface area (Å²) < 4.78 is 0. The van der Waals surface area contributed by atoms with Gasteiger partial charge in [-0.05, 0) is 43.2 Å². The molecule has 0 aliphatic carbocycles. The minimum atomic E-state index is -0.861. The van der Waals surface area contributed by atoms with Crippen molar-refractivity contribution in [2.75, 3.05) is 19.6 Å². The lowest BCUT2D eigenvalue weighted by atomic mass is 9.89. The van der Waals surface area contributed by atoms with Crippen LogP contribution in [-0.4, -0.2) is 57.8 Å². The van der Waals surface area contributed by atoms with Crippen LogP contribution in [0.1, 0.15) is 51.0 Å². The Morgan fingerprint density at radius 2 is 1.83 bits per heavy atom. The Labute approximate surface area is 170 Å². The second-order valence-corrected chi connectivity index (χ2v) is 8.06. The summed E-state index contributed by atoms with van der Waals surface area (Å²) in [6.45, 7) is 4.86. The molecule has 2 saturated heterocycles. The van der Waals surface area contributed by atoms with E-state index in [-0.39, 0.29) is 18.4 Å². The van der Waals surface area contributed by atoms with Crippen LogP contribution in [0.4, 0.5) is 4.79 Å². The molecule has 7 heteroatoms. The largest absolute Gasteiger partial charge is 0.361 e. The standard InChI is InChI=1S/C22H28N4O3/c1-3-22(4-2)20(28)26(21(29)24-22)14-19(27)25-11-9-15(10-12-25)17-13-23-18-8-6-5-7-16(17)18/h5-8,13,15,23H,3-4,9-12,14H2,1-2H3,(H,24,29). The molecule has 0 atom stereocenters. The molecular weight excluding hydrogens is 368 g/mol. The van der Waals surface area contributed by atoms with Crippen molar-refractivity contribution < 1.29 is 14.4 Å². The van der Waals surface area contributed by atoms with Gasteiger partial charge in [0.1, 0.15) is 12.1 Å². The van der Waals surface area contributed by atoms with Gasteiger partial charge in [0, 0.05) is 30.2 Å². The van der Waals surface area contributed by atoms with Crippen molar-refractivity contribution in [2.24, 2.45) is 0 Å². The first-order chi connectivity index (χ1) is 14.0. The molecule has 2 aliphatic heterocycles. The van der Waals surface area contributed by atoms with E-state index in [1.165, 1.54) is 10.9 Å². The number of likely N-dealkylation sites (tertiary alicyclic amines) is 1. The van der Waals surface area contributed by atoms with Crippen molar-refractivity contribution >= 4 is 28.7 Å². The first-order valence-corrected chi connectivity index (χ1v) is 10.5. The molecule has 2 fully saturated rings. The molecule has 1 aromatic heterocycles. The van der Waals surface area contributed by atoms with Crippen LogP contribution in [0.2, 0.25) is 0 Å². The number of hydrogen-bond donors (Lipinski definition) is 2. The third-order valence-electron chi connectivity index (χ3n) is 6.66. The summed E-state index contributed by atoms with van der Waals surface area (Å²) in [6, 6.07) is 7.81. The van der Waals surface area contributed by atoms with Crippen molar-refractivity contribution in [3.8, 4) is 0 Å². The summed E-state index contributed by atoms with van der Waals surface area (Å²) in [5.41, 5.74) is 1.58. The van der Waals surface area contributed by atoms with Gasteiger partial charge in [-0.3, -0.25) is 14.5 Å². The molecule has 4 rings (SSSR count). The van der Waals surface area contributed by atoms with Gasteiger partial charge in [-0.15, -0.1) is 0 Å². The molecule has 29 heavy (non-hydrogen) atoms. The molecular formula is C22H28N4O3. The van der Waals surface area contributed by atoms with Gasteiger partial charge in [0.15, 0.2) is 0 Å². The number of rotatable bonds is 5. The van der Waals surface area contributed by atoms with Crippen molar-refractivity contribution in [2.45, 2.75) is 51.0 Å². The quantitative estimate of drug-likeness (QED) is 0.762. The summed E-state index contributed by atoms with van der Waals surface area (Å²) in [7, 11) is 0. The van der Waals surface area contributed by atoms with E-state index in [1.54, 1.807) is 4.90 Å². The van der Waals surface area contributed by atoms with Gasteiger partial charge >= 0.3 is 6.03 Å². The highest BCUT2D eigenvalue weighted by Gasteiger charge is 2.49. The Balaban J connectivity index is 1.38. The highest BCUT2D eigenvalue weighted by molar-refractivity contribution is 6.09. The van der Waals surface area contributed by atoms with Crippen LogP contribution in [0.25, 0.3) is 10.9 Å². The van der Waals surface area contributed by atoms with E-state index in [9.17, 15) is 14.4 Å². The fourth-order valence-electron chi connectivity index (χ4n) is 4.66. The zero-order chi connectivity index (χ0) is 20.6. The van der Waals surface area contributed by atoms with E-state index in [2.05, 4.69) is 28.6 Å². The van der Waals surface area contributed by atoms with E-state index in [1.807, 2.05) is 26.0 Å². The van der Waals surface area contributed by atoms with Crippen LogP contribution in [0.5, 0.6) is 0 Å². The first kappa shape index (κ1) is 19.5. The maximum absolute atomic E-state index is 12.8. The highest BCUT2D eigenvalue weighted by Crippen LogP contribution is 2.33. The summed E-state index contributed by atoms with van der Waals surface area (Å²) in [4.78, 5) is 44.0. The lowest BCUT2D eigenvalue weighted by molar-refractivity contribution is -0.139. The zero-order valence-corrected chi connectivity index (χ0v) is 17.0. The van der Waals surface area contributed by atoms with Crippen LogP contribution in [0, 0.1) is 0 Å². The van der Waals surface area contributed by atoms with Gasteiger partial charge in [-0.1, -0.05) is 32.0 Å². The van der Waals surface area contributed by atoms with Crippen molar-refractivity contribution in [1.29, 1.82) is 0 Å². The fraction of sp³-hybridized carbons (Fsp3) is 0.500. The summed E-state index contributed by atoms with van der Waals surface area (Å²) in [5.74, 6) is -0.0387. The number of carbonyl (C=O) groups is 3. The fourth-order valence-corrected chi connectivity index (χ4v) is 4.66. The predicted molar refractivity (Wildman–Crippen MR) is 110 cm³/mol. The molecule has 0 bridgehead atoms. The van der Waals surface area contributed by atoms with E-state index >= 15 is 0 Å². The smallest absolute Gasteiger partial charge is 0.325 e. The Morgan fingerprint density at radius 3 is 2.48 bits per heavy atom. The number of amides is 4. The number of nitrogens with one attached hydrogen (secondary N) is 2. The number of aromatic nitrogens is 1. The van der Waals surface area contributed by atoms with Crippen LogP contribution in [0.3, 0.4) is 0 Å². The molecule has 0 radical (unpaired) electrons. The number of urea groups is 1.